The van der Waals surface area contributed by atoms with Crippen LogP contribution in [-0.4, -0.2) is 49.6 Å². The van der Waals surface area contributed by atoms with Gasteiger partial charge in [0.1, 0.15) is 11.5 Å². The van der Waals surface area contributed by atoms with Crippen LogP contribution in [0.2, 0.25) is 0 Å². The predicted octanol–water partition coefficient (Wildman–Crippen LogP) is 1.44. The third-order valence-electron chi connectivity index (χ3n) is 3.74. The first kappa shape index (κ1) is 13.6. The number of nitrogens with zero attached hydrogens (tertiary/aromatic N) is 2. The molecule has 102 valence electrons. The molecule has 0 radical (unpaired) electrons. The Morgan fingerprint density at radius 2 is 2.22 bits per heavy atom. The summed E-state index contributed by atoms with van der Waals surface area (Å²) in [5.41, 5.74) is 1.25. The van der Waals surface area contributed by atoms with Crippen LogP contribution in [0, 0.1) is 6.92 Å². The summed E-state index contributed by atoms with van der Waals surface area (Å²) < 4.78 is 5.91. The fourth-order valence-corrected chi connectivity index (χ4v) is 2.62. The predicted molar refractivity (Wildman–Crippen MR) is 73.6 cm³/mol. The molecule has 1 atom stereocenters. The first-order chi connectivity index (χ1) is 8.60. The normalized spacial score (nSPS) is 22.6. The molecule has 4 heteroatoms. The van der Waals surface area contributed by atoms with Crippen molar-refractivity contribution in [2.24, 2.45) is 0 Å². The van der Waals surface area contributed by atoms with Crippen LogP contribution in [0.25, 0.3) is 0 Å². The summed E-state index contributed by atoms with van der Waals surface area (Å²) in [7, 11) is 4.14. The van der Waals surface area contributed by atoms with Gasteiger partial charge in [-0.25, -0.2) is 0 Å². The van der Waals surface area contributed by atoms with Crippen LogP contribution in [0.3, 0.4) is 0 Å². The molecule has 0 aromatic carbocycles. The van der Waals surface area contributed by atoms with Crippen molar-refractivity contribution in [3.05, 3.63) is 23.2 Å². The monoisotopic (exact) mass is 251 g/mol. The quantitative estimate of drug-likeness (QED) is 0.877. The second-order valence-corrected chi connectivity index (χ2v) is 5.43. The molecule has 1 aromatic rings. The third kappa shape index (κ3) is 3.13. The highest BCUT2D eigenvalue weighted by molar-refractivity contribution is 5.20. The Bertz CT molecular complexity index is 388. The average Bonchev–Trinajstić information content (AvgIpc) is 2.64. The van der Waals surface area contributed by atoms with Crippen LogP contribution in [0.4, 0.5) is 0 Å². The summed E-state index contributed by atoms with van der Waals surface area (Å²) in [5, 5.41) is 3.14. The first-order valence-electron chi connectivity index (χ1n) is 6.75. The number of piperazine rings is 1. The molecule has 1 aliphatic rings. The lowest BCUT2D eigenvalue weighted by Crippen LogP contribution is -2.49. The molecule has 0 spiro atoms. The van der Waals surface area contributed by atoms with Crippen molar-refractivity contribution in [3.8, 4) is 0 Å². The summed E-state index contributed by atoms with van der Waals surface area (Å²) in [5.74, 6) is 2.16. The van der Waals surface area contributed by atoms with Gasteiger partial charge in [0.05, 0.1) is 13.1 Å². The maximum Gasteiger partial charge on any atom is 0.120 e. The van der Waals surface area contributed by atoms with E-state index in [2.05, 4.69) is 42.1 Å². The van der Waals surface area contributed by atoms with Crippen LogP contribution >= 0.6 is 0 Å². The van der Waals surface area contributed by atoms with Gasteiger partial charge in [-0.1, -0.05) is 0 Å². The largest absolute Gasteiger partial charge is 0.463 e. The van der Waals surface area contributed by atoms with E-state index < -0.39 is 0 Å². The lowest BCUT2D eigenvalue weighted by Gasteiger charge is -2.37. The standard InChI is InChI=1S/C14H25N3O/c1-11-7-13(18-14(11)8-15-3)10-17-6-5-16(4)9-12(17)2/h7,12,15H,5-6,8-10H2,1-4H3. The summed E-state index contributed by atoms with van der Waals surface area (Å²) in [4.78, 5) is 4.89. The zero-order valence-electron chi connectivity index (χ0n) is 12.0. The van der Waals surface area contributed by atoms with Gasteiger partial charge in [0.2, 0.25) is 0 Å². The minimum Gasteiger partial charge on any atom is -0.463 e. The molecule has 0 amide bonds. The molecule has 1 fully saturated rings. The van der Waals surface area contributed by atoms with Gasteiger partial charge in [0.25, 0.3) is 0 Å². The zero-order valence-corrected chi connectivity index (χ0v) is 12.0. The van der Waals surface area contributed by atoms with Crippen LogP contribution in [0.5, 0.6) is 0 Å². The summed E-state index contributed by atoms with van der Waals surface area (Å²) >= 11 is 0. The maximum atomic E-state index is 5.91. The Kier molecular flexibility index (Phi) is 4.43. The van der Waals surface area contributed by atoms with Crippen molar-refractivity contribution in [3.63, 3.8) is 0 Å². The van der Waals surface area contributed by atoms with Gasteiger partial charge in [0.15, 0.2) is 0 Å². The topological polar surface area (TPSA) is 31.7 Å². The third-order valence-corrected chi connectivity index (χ3v) is 3.74. The Morgan fingerprint density at radius 3 is 2.89 bits per heavy atom. The molecule has 1 saturated heterocycles. The fourth-order valence-electron chi connectivity index (χ4n) is 2.62. The lowest BCUT2D eigenvalue weighted by molar-refractivity contribution is 0.0871. The van der Waals surface area contributed by atoms with Gasteiger partial charge in [0, 0.05) is 25.7 Å². The van der Waals surface area contributed by atoms with Crippen molar-refractivity contribution >= 4 is 0 Å². The van der Waals surface area contributed by atoms with Crippen molar-refractivity contribution < 1.29 is 4.42 Å². The van der Waals surface area contributed by atoms with Gasteiger partial charge in [-0.15, -0.1) is 0 Å². The van der Waals surface area contributed by atoms with Crippen LogP contribution < -0.4 is 5.32 Å². The van der Waals surface area contributed by atoms with E-state index in [1.165, 1.54) is 5.56 Å². The first-order valence-corrected chi connectivity index (χ1v) is 6.75. The molecule has 0 saturated carbocycles. The van der Waals surface area contributed by atoms with Gasteiger partial charge < -0.3 is 14.6 Å². The summed E-state index contributed by atoms with van der Waals surface area (Å²) in [6.07, 6.45) is 0. The minimum absolute atomic E-state index is 0.599. The highest BCUT2D eigenvalue weighted by Crippen LogP contribution is 2.18. The molecule has 2 heterocycles. The van der Waals surface area contributed by atoms with Crippen LogP contribution in [0.15, 0.2) is 10.5 Å². The summed E-state index contributed by atoms with van der Waals surface area (Å²) in [6, 6.07) is 2.78. The van der Waals surface area contributed by atoms with E-state index in [0.29, 0.717) is 6.04 Å². The number of hydrogen-bond donors (Lipinski definition) is 1. The van der Waals surface area contributed by atoms with Crippen molar-refractivity contribution in [1.29, 1.82) is 0 Å². The molecule has 1 unspecified atom stereocenters. The second kappa shape index (κ2) is 5.87. The van der Waals surface area contributed by atoms with Crippen LogP contribution in [-0.2, 0) is 13.1 Å². The van der Waals surface area contributed by atoms with E-state index in [1.807, 2.05) is 7.05 Å². The van der Waals surface area contributed by atoms with Gasteiger partial charge in [-0.2, -0.15) is 0 Å². The van der Waals surface area contributed by atoms with E-state index >= 15 is 0 Å². The molecule has 18 heavy (non-hydrogen) atoms. The van der Waals surface area contributed by atoms with Gasteiger partial charge >= 0.3 is 0 Å². The van der Waals surface area contributed by atoms with Crippen molar-refractivity contribution in [2.75, 3.05) is 33.7 Å². The molecule has 0 bridgehead atoms. The zero-order chi connectivity index (χ0) is 13.1. The molecule has 0 aliphatic carbocycles. The lowest BCUT2D eigenvalue weighted by atomic mass is 10.2. The van der Waals surface area contributed by atoms with Gasteiger partial charge in [-0.3, -0.25) is 4.90 Å². The molecule has 1 aromatic heterocycles. The molecule has 4 nitrogen and oxygen atoms in total. The molecule has 2 rings (SSSR count). The SMILES string of the molecule is CNCc1oc(CN2CCN(C)CC2C)cc1C. The average molecular weight is 251 g/mol. The highest BCUT2D eigenvalue weighted by atomic mass is 16.3. The van der Waals surface area contributed by atoms with E-state index in [1.54, 1.807) is 0 Å². The Labute approximate surface area is 110 Å². The number of likely N-dealkylation sites (N-methyl/N-ethyl adjacent to an activating group) is 1. The Hall–Kier alpha value is -0.840. The maximum absolute atomic E-state index is 5.91. The van der Waals surface area contributed by atoms with E-state index in [0.717, 1.165) is 44.2 Å². The molecular weight excluding hydrogens is 226 g/mol. The molecule has 1 aliphatic heterocycles. The second-order valence-electron chi connectivity index (χ2n) is 5.43. The summed E-state index contributed by atoms with van der Waals surface area (Å²) in [6.45, 7) is 9.56. The van der Waals surface area contributed by atoms with Crippen molar-refractivity contribution in [1.82, 2.24) is 15.1 Å². The number of furan rings is 1. The van der Waals surface area contributed by atoms with Crippen LogP contribution in [0.1, 0.15) is 24.0 Å². The highest BCUT2D eigenvalue weighted by Gasteiger charge is 2.22. The number of nitrogens with one attached hydrogen (secondary N) is 1. The Morgan fingerprint density at radius 1 is 1.44 bits per heavy atom. The fraction of sp³-hybridized carbons (Fsp3) is 0.714. The minimum atomic E-state index is 0.599. The van der Waals surface area contributed by atoms with Gasteiger partial charge in [-0.05, 0) is 39.6 Å². The Balaban J connectivity index is 1.98. The van der Waals surface area contributed by atoms with Crippen molar-refractivity contribution in [2.45, 2.75) is 33.0 Å². The number of aryl methyl sites for hydroxylation is 1. The van der Waals surface area contributed by atoms with E-state index in [4.69, 9.17) is 4.42 Å². The molecule has 1 N–H and O–H groups in total. The smallest absolute Gasteiger partial charge is 0.120 e. The number of rotatable bonds is 4. The van der Waals surface area contributed by atoms with E-state index in [-0.39, 0.29) is 0 Å². The van der Waals surface area contributed by atoms with E-state index in [9.17, 15) is 0 Å². The molecular formula is C14H25N3O. The number of hydrogen-bond acceptors (Lipinski definition) is 4.